The summed E-state index contributed by atoms with van der Waals surface area (Å²) in [5.74, 6) is 1.10. The van der Waals surface area contributed by atoms with E-state index in [-0.39, 0.29) is 49.2 Å². The van der Waals surface area contributed by atoms with Crippen molar-refractivity contribution in [1.82, 2.24) is 19.9 Å². The zero-order chi connectivity index (χ0) is 54.1. The maximum Gasteiger partial charge on any atom is 0.334 e. The second-order valence-corrected chi connectivity index (χ2v) is 25.1. The lowest BCUT2D eigenvalue weighted by Crippen LogP contribution is -2.41. The molecule has 0 aliphatic heterocycles. The van der Waals surface area contributed by atoms with Gasteiger partial charge in [0.05, 0.1) is 61.5 Å². The topological polar surface area (TPSA) is 163 Å². The van der Waals surface area contributed by atoms with Crippen LogP contribution in [0.2, 0.25) is 0 Å². The van der Waals surface area contributed by atoms with Crippen molar-refractivity contribution in [1.29, 1.82) is 0 Å². The predicted octanol–water partition coefficient (Wildman–Crippen LogP) is 17.9. The van der Waals surface area contributed by atoms with E-state index in [0.717, 1.165) is 35.5 Å². The second-order valence-electron chi connectivity index (χ2n) is 21.4. The SMILES string of the molecule is CCCCCCCCCCCCCCCCOc1ccc([C@@H]2[C@H](c3ccc(OCCCCCCCCCCCCCCCC)cc3)[C@@H](c3cnc(CP(=O)(O)OCC)cn3)[C@H]2c2cnc(CP(=O)(O)OCC)cn2)cc1. The Morgan fingerprint density at radius 1 is 0.382 bits per heavy atom. The fourth-order valence-corrected chi connectivity index (χ4v) is 13.1. The van der Waals surface area contributed by atoms with E-state index >= 15 is 0 Å². The third-order valence-corrected chi connectivity index (χ3v) is 17.9. The Kier molecular flexibility index (Phi) is 30.5. The second kappa shape index (κ2) is 36.6. The predicted molar refractivity (Wildman–Crippen MR) is 310 cm³/mol. The molecule has 424 valence electrons. The molecule has 12 nitrogen and oxygen atoms in total. The lowest BCUT2D eigenvalue weighted by Gasteiger charge is -2.52. The van der Waals surface area contributed by atoms with Crippen molar-refractivity contribution >= 4 is 15.2 Å². The Labute approximate surface area is 459 Å². The first-order chi connectivity index (χ1) is 37.1. The van der Waals surface area contributed by atoms with E-state index in [1.807, 2.05) is 0 Å². The van der Waals surface area contributed by atoms with Gasteiger partial charge in [-0.15, -0.1) is 0 Å². The first kappa shape index (κ1) is 63.3. The molecule has 0 saturated heterocycles. The van der Waals surface area contributed by atoms with Crippen LogP contribution in [0.5, 0.6) is 11.5 Å². The fraction of sp³-hybridized carbons (Fsp3) is 0.677. The summed E-state index contributed by atoms with van der Waals surface area (Å²) in [6, 6.07) is 16.9. The molecule has 4 aromatic rings. The quantitative estimate of drug-likeness (QED) is 0.0319. The van der Waals surface area contributed by atoms with E-state index < -0.39 is 15.2 Å². The monoisotopic (exact) mass is 1090 g/mol. The van der Waals surface area contributed by atoms with Crippen LogP contribution in [0, 0.1) is 0 Å². The maximum atomic E-state index is 12.7. The van der Waals surface area contributed by atoms with Gasteiger partial charge in [0.2, 0.25) is 0 Å². The lowest BCUT2D eigenvalue weighted by atomic mass is 9.51. The number of ether oxygens (including phenoxy) is 2. The van der Waals surface area contributed by atoms with Crippen molar-refractivity contribution in [2.24, 2.45) is 0 Å². The van der Waals surface area contributed by atoms with Crippen molar-refractivity contribution in [3.05, 3.63) is 107 Å². The minimum Gasteiger partial charge on any atom is -0.494 e. The van der Waals surface area contributed by atoms with Crippen LogP contribution in [-0.2, 0) is 30.5 Å². The Balaban J connectivity index is 1.25. The summed E-state index contributed by atoms with van der Waals surface area (Å²) >= 11 is 0. The zero-order valence-corrected chi connectivity index (χ0v) is 49.1. The minimum absolute atomic E-state index is 0.0724. The van der Waals surface area contributed by atoms with Gasteiger partial charge < -0.3 is 28.3 Å². The number of benzene rings is 2. The van der Waals surface area contributed by atoms with Crippen LogP contribution in [-0.4, -0.2) is 56.2 Å². The molecule has 0 amide bonds. The number of nitrogens with zero attached hydrogens (tertiary/aromatic N) is 4. The molecule has 2 unspecified atom stereocenters. The van der Waals surface area contributed by atoms with Crippen LogP contribution in [0.3, 0.4) is 0 Å². The van der Waals surface area contributed by atoms with Crippen LogP contribution < -0.4 is 9.47 Å². The highest BCUT2D eigenvalue weighted by molar-refractivity contribution is 7.52. The van der Waals surface area contributed by atoms with Crippen LogP contribution >= 0.6 is 15.2 Å². The average molecular weight is 1090 g/mol. The van der Waals surface area contributed by atoms with Gasteiger partial charge >= 0.3 is 15.2 Å². The molecule has 0 spiro atoms. The number of unbranched alkanes of at least 4 members (excludes halogenated alkanes) is 26. The molecule has 0 bridgehead atoms. The van der Waals surface area contributed by atoms with E-state index in [9.17, 15) is 18.9 Å². The number of hydrogen-bond acceptors (Lipinski definition) is 10. The van der Waals surface area contributed by atoms with Crippen molar-refractivity contribution in [2.45, 2.75) is 243 Å². The first-order valence-corrected chi connectivity index (χ1v) is 33.6. The molecule has 1 saturated carbocycles. The molecule has 2 N–H and O–H groups in total. The van der Waals surface area contributed by atoms with Gasteiger partial charge in [0.25, 0.3) is 0 Å². The number of aromatic nitrogens is 4. The average Bonchev–Trinajstić information content (AvgIpc) is 3.43. The van der Waals surface area contributed by atoms with Crippen molar-refractivity contribution in [3.63, 3.8) is 0 Å². The summed E-state index contributed by atoms with van der Waals surface area (Å²) in [5, 5.41) is 0. The Morgan fingerprint density at radius 2 is 0.671 bits per heavy atom. The van der Waals surface area contributed by atoms with Gasteiger partial charge in [-0.25, -0.2) is 0 Å². The summed E-state index contributed by atoms with van der Waals surface area (Å²) in [6.07, 6.45) is 42.9. The van der Waals surface area contributed by atoms with Crippen molar-refractivity contribution < 1.29 is 37.4 Å². The molecule has 2 heterocycles. The molecular weight excluding hydrogens is 991 g/mol. The highest BCUT2D eigenvalue weighted by Gasteiger charge is 2.54. The summed E-state index contributed by atoms with van der Waals surface area (Å²) in [6.45, 7) is 9.51. The molecule has 1 aliphatic carbocycles. The third kappa shape index (κ3) is 23.5. The summed E-state index contributed by atoms with van der Waals surface area (Å²) < 4.78 is 48.3. The lowest BCUT2D eigenvalue weighted by molar-refractivity contribution is 0.218. The molecule has 5 rings (SSSR count). The van der Waals surface area contributed by atoms with Gasteiger partial charge in [0, 0.05) is 48.5 Å². The molecule has 14 heteroatoms. The Bertz CT molecular complexity index is 2060. The van der Waals surface area contributed by atoms with Crippen molar-refractivity contribution in [3.8, 4) is 11.5 Å². The molecule has 2 aromatic heterocycles. The third-order valence-electron chi connectivity index (χ3n) is 15.1. The standard InChI is InChI=1S/C62H98N4O8P2/c1-5-9-11-13-15-17-19-21-23-25-27-29-31-33-43-71-55-39-35-51(36-40-55)59-60(52-37-41-56(42-38-52)72-44-34-32-30-28-26-24-22-20-18-16-14-12-10-6-2)62(58-48-64-54(46-66-58)50-76(69,70)74-8-4)61(59)57-47-63-53(45-65-57)49-75(67,68)73-7-3/h35-42,45-48,59-62H,5-34,43-44,49-50H2,1-4H3,(H,67,68)(H,69,70)/t59-,60+,61+,62-. The molecular formula is C62H98N4O8P2. The minimum atomic E-state index is -3.89. The van der Waals surface area contributed by atoms with Gasteiger partial charge in [-0.2, -0.15) is 0 Å². The summed E-state index contributed by atoms with van der Waals surface area (Å²) in [4.78, 5) is 39.9. The first-order valence-electron chi connectivity index (χ1n) is 30.1. The summed E-state index contributed by atoms with van der Waals surface area (Å²) in [7, 11) is -7.78. The van der Waals surface area contributed by atoms with Gasteiger partial charge in [0.1, 0.15) is 11.5 Å². The summed E-state index contributed by atoms with van der Waals surface area (Å²) in [5.41, 5.74) is 4.38. The van der Waals surface area contributed by atoms with E-state index in [1.54, 1.807) is 38.6 Å². The highest BCUT2D eigenvalue weighted by Crippen LogP contribution is 2.66. The van der Waals surface area contributed by atoms with Gasteiger partial charge in [0.15, 0.2) is 0 Å². The molecule has 1 fully saturated rings. The smallest absolute Gasteiger partial charge is 0.334 e. The normalized spacial score (nSPS) is 18.0. The van der Waals surface area contributed by atoms with Crippen LogP contribution in [0.4, 0.5) is 0 Å². The van der Waals surface area contributed by atoms with E-state index in [4.69, 9.17) is 28.5 Å². The van der Waals surface area contributed by atoms with Gasteiger partial charge in [-0.3, -0.25) is 29.1 Å². The molecule has 76 heavy (non-hydrogen) atoms. The van der Waals surface area contributed by atoms with Gasteiger partial charge in [-0.1, -0.05) is 205 Å². The maximum absolute atomic E-state index is 12.7. The Hall–Kier alpha value is -3.50. The van der Waals surface area contributed by atoms with E-state index in [2.05, 4.69) is 72.3 Å². The van der Waals surface area contributed by atoms with Crippen LogP contribution in [0.15, 0.2) is 73.3 Å². The van der Waals surface area contributed by atoms with Crippen LogP contribution in [0.25, 0.3) is 0 Å². The van der Waals surface area contributed by atoms with E-state index in [1.165, 1.54) is 167 Å². The Morgan fingerprint density at radius 3 is 0.934 bits per heavy atom. The van der Waals surface area contributed by atoms with Gasteiger partial charge in [-0.05, 0) is 62.1 Å². The largest absolute Gasteiger partial charge is 0.494 e. The molecule has 6 atom stereocenters. The molecule has 0 radical (unpaired) electrons. The van der Waals surface area contributed by atoms with Crippen molar-refractivity contribution in [2.75, 3.05) is 26.4 Å². The highest BCUT2D eigenvalue weighted by atomic mass is 31.2. The number of rotatable bonds is 44. The fourth-order valence-electron chi connectivity index (χ4n) is 11.0. The van der Waals surface area contributed by atoms with Crippen LogP contribution in [0.1, 0.15) is 265 Å². The molecule has 2 aromatic carbocycles. The number of hydrogen-bond donors (Lipinski definition) is 2. The van der Waals surface area contributed by atoms with E-state index in [0.29, 0.717) is 36.0 Å². The molecule has 1 aliphatic rings. The zero-order valence-electron chi connectivity index (χ0n) is 47.3.